The Morgan fingerprint density at radius 2 is 1.82 bits per heavy atom. The van der Waals surface area contributed by atoms with Crippen molar-refractivity contribution >= 4 is 69.8 Å². The molecule has 0 radical (unpaired) electrons. The second kappa shape index (κ2) is 8.20. The normalized spacial score (nSPS) is 10.4. The van der Waals surface area contributed by atoms with E-state index in [1.165, 1.54) is 23.9 Å². The molecule has 0 aromatic heterocycles. The van der Waals surface area contributed by atoms with Crippen LogP contribution in [0.25, 0.3) is 0 Å². The van der Waals surface area contributed by atoms with Crippen LogP contribution in [0.1, 0.15) is 5.56 Å². The molecule has 114 valence electrons. The number of thioether (sulfide) groups is 1. The van der Waals surface area contributed by atoms with E-state index in [-0.39, 0.29) is 10.5 Å². The molecule has 2 aromatic carbocycles. The largest absolute Gasteiger partial charge is 0.490 e. The van der Waals surface area contributed by atoms with E-state index in [1.807, 2.05) is 30.3 Å². The van der Waals surface area contributed by atoms with E-state index in [1.54, 1.807) is 0 Å². The number of hydrogen-bond donors (Lipinski definition) is 3. The predicted octanol–water partition coefficient (Wildman–Crippen LogP) is 3.30. The van der Waals surface area contributed by atoms with Crippen molar-refractivity contribution in [1.29, 1.82) is 0 Å². The molecule has 0 unspecified atom stereocenters. The molecule has 22 heavy (non-hydrogen) atoms. The Kier molecular flexibility index (Phi) is 6.56. The molecule has 8 heteroatoms. The number of thiocarbonyl (C=S) groups is 1. The van der Waals surface area contributed by atoms with Gasteiger partial charge in [0.2, 0.25) is 0 Å². The first kappa shape index (κ1) is 17.6. The lowest BCUT2D eigenvalue weighted by Gasteiger charge is -2.12. The zero-order chi connectivity index (χ0) is 16.1. The van der Waals surface area contributed by atoms with Crippen molar-refractivity contribution in [1.82, 2.24) is 0 Å². The summed E-state index contributed by atoms with van der Waals surface area (Å²) in [5.41, 5.74) is 1.81. The lowest BCUT2D eigenvalue weighted by Crippen LogP contribution is -2.31. The summed E-state index contributed by atoms with van der Waals surface area (Å²) in [4.78, 5) is 0. The van der Waals surface area contributed by atoms with E-state index in [2.05, 4.69) is 5.32 Å². The second-order valence-corrected chi connectivity index (χ2v) is 6.88. The third-order valence-corrected chi connectivity index (χ3v) is 4.75. The Morgan fingerprint density at radius 1 is 1.14 bits per heavy atom. The van der Waals surface area contributed by atoms with Crippen LogP contribution in [-0.2, 0) is 5.75 Å². The fourth-order valence-electron chi connectivity index (χ4n) is 1.73. The molecule has 0 spiro atoms. The standard InChI is InChI=1S/C14H12BCl2NO2S2/c16-11-7-12(17)13(6-10(11)15(19)20)18-14(21)22-8-9-4-2-1-3-5-9/h1-7,19-20H,8H2,(H,18,21). The number of hydrogen-bond acceptors (Lipinski definition) is 4. The molecule has 2 aromatic rings. The molecule has 0 saturated heterocycles. The first-order valence-electron chi connectivity index (χ1n) is 6.30. The Balaban J connectivity index is 2.03. The summed E-state index contributed by atoms with van der Waals surface area (Å²) in [6.45, 7) is 0. The molecule has 0 bridgehead atoms. The zero-order valence-electron chi connectivity index (χ0n) is 11.3. The van der Waals surface area contributed by atoms with Gasteiger partial charge in [-0.05, 0) is 17.7 Å². The molecule has 0 aliphatic heterocycles. The van der Waals surface area contributed by atoms with Crippen LogP contribution in [0.5, 0.6) is 0 Å². The van der Waals surface area contributed by atoms with Gasteiger partial charge < -0.3 is 15.4 Å². The topological polar surface area (TPSA) is 52.5 Å². The maximum atomic E-state index is 9.27. The van der Waals surface area contributed by atoms with Gasteiger partial charge in [-0.25, -0.2) is 0 Å². The molecule has 0 heterocycles. The molecule has 0 aliphatic rings. The number of rotatable bonds is 4. The summed E-state index contributed by atoms with van der Waals surface area (Å²) in [5, 5.41) is 22.1. The summed E-state index contributed by atoms with van der Waals surface area (Å²) >= 11 is 18.7. The highest BCUT2D eigenvalue weighted by molar-refractivity contribution is 8.22. The van der Waals surface area contributed by atoms with Gasteiger partial charge in [-0.1, -0.05) is 77.5 Å². The van der Waals surface area contributed by atoms with Crippen molar-refractivity contribution in [2.45, 2.75) is 5.75 Å². The van der Waals surface area contributed by atoms with E-state index >= 15 is 0 Å². The number of anilines is 1. The summed E-state index contributed by atoms with van der Waals surface area (Å²) in [7, 11) is -1.67. The third kappa shape index (κ3) is 4.88. The molecule has 0 saturated carbocycles. The first-order valence-corrected chi connectivity index (χ1v) is 8.45. The number of benzene rings is 2. The number of nitrogens with one attached hydrogen (secondary N) is 1. The quantitative estimate of drug-likeness (QED) is 0.568. The maximum Gasteiger partial charge on any atom is 0.490 e. The predicted molar refractivity (Wildman–Crippen MR) is 100 cm³/mol. The van der Waals surface area contributed by atoms with Gasteiger partial charge in [-0.2, -0.15) is 0 Å². The van der Waals surface area contributed by atoms with Gasteiger partial charge in [0.25, 0.3) is 0 Å². The zero-order valence-corrected chi connectivity index (χ0v) is 14.4. The van der Waals surface area contributed by atoms with Crippen LogP contribution in [-0.4, -0.2) is 21.5 Å². The average Bonchev–Trinajstić information content (AvgIpc) is 2.48. The van der Waals surface area contributed by atoms with E-state index in [0.717, 1.165) is 11.3 Å². The Bertz CT molecular complexity index is 671. The van der Waals surface area contributed by atoms with Gasteiger partial charge in [-0.15, -0.1) is 0 Å². The molecule has 0 fully saturated rings. The SMILES string of the molecule is OB(O)c1cc(NC(=S)SCc2ccccc2)c(Cl)cc1Cl. The summed E-state index contributed by atoms with van der Waals surface area (Å²) < 4.78 is 0.534. The van der Waals surface area contributed by atoms with Crippen LogP contribution in [0.4, 0.5) is 5.69 Å². The van der Waals surface area contributed by atoms with E-state index in [9.17, 15) is 10.0 Å². The molecular weight excluding hydrogens is 360 g/mol. The van der Waals surface area contributed by atoms with Crippen LogP contribution in [0, 0.1) is 0 Å². The highest BCUT2D eigenvalue weighted by Crippen LogP contribution is 2.26. The lowest BCUT2D eigenvalue weighted by molar-refractivity contribution is 0.426. The van der Waals surface area contributed by atoms with Crippen LogP contribution >= 0.6 is 47.2 Å². The Morgan fingerprint density at radius 3 is 2.45 bits per heavy atom. The van der Waals surface area contributed by atoms with Gasteiger partial charge in [0.1, 0.15) is 4.32 Å². The lowest BCUT2D eigenvalue weighted by atomic mass is 9.80. The molecule has 3 N–H and O–H groups in total. The second-order valence-electron chi connectivity index (χ2n) is 4.41. The third-order valence-electron chi connectivity index (χ3n) is 2.81. The van der Waals surface area contributed by atoms with Crippen molar-refractivity contribution in [2.75, 3.05) is 5.32 Å². The molecule has 2 rings (SSSR count). The molecule has 0 aliphatic carbocycles. The molecular formula is C14H12BCl2NO2S2. The van der Waals surface area contributed by atoms with Crippen LogP contribution in [0.2, 0.25) is 10.0 Å². The minimum Gasteiger partial charge on any atom is -0.423 e. The summed E-state index contributed by atoms with van der Waals surface area (Å²) in [5.74, 6) is 0.730. The van der Waals surface area contributed by atoms with E-state index in [0.29, 0.717) is 15.0 Å². The highest BCUT2D eigenvalue weighted by atomic mass is 35.5. The first-order chi connectivity index (χ1) is 10.5. The van der Waals surface area contributed by atoms with Gasteiger partial charge >= 0.3 is 7.12 Å². The minimum absolute atomic E-state index is 0.171. The monoisotopic (exact) mass is 371 g/mol. The van der Waals surface area contributed by atoms with Crippen molar-refractivity contribution in [3.63, 3.8) is 0 Å². The fourth-order valence-corrected chi connectivity index (χ4v) is 3.22. The van der Waals surface area contributed by atoms with Crippen LogP contribution < -0.4 is 10.8 Å². The van der Waals surface area contributed by atoms with Crippen molar-refractivity contribution in [2.24, 2.45) is 0 Å². The average molecular weight is 372 g/mol. The molecule has 0 amide bonds. The highest BCUT2D eigenvalue weighted by Gasteiger charge is 2.18. The number of halogens is 2. The van der Waals surface area contributed by atoms with Crippen molar-refractivity contribution in [3.05, 3.63) is 58.1 Å². The fraction of sp³-hybridized carbons (Fsp3) is 0.0714. The molecule has 3 nitrogen and oxygen atoms in total. The Hall–Kier alpha value is -0.755. The van der Waals surface area contributed by atoms with Crippen LogP contribution in [0.3, 0.4) is 0 Å². The summed E-state index contributed by atoms with van der Waals surface area (Å²) in [6, 6.07) is 12.9. The maximum absolute atomic E-state index is 9.27. The van der Waals surface area contributed by atoms with Crippen molar-refractivity contribution < 1.29 is 10.0 Å². The van der Waals surface area contributed by atoms with Gasteiger partial charge in [0.15, 0.2) is 0 Å². The molecule has 0 atom stereocenters. The van der Waals surface area contributed by atoms with Crippen LogP contribution in [0.15, 0.2) is 42.5 Å². The summed E-state index contributed by atoms with van der Waals surface area (Å²) in [6.07, 6.45) is 0. The van der Waals surface area contributed by atoms with Gasteiger partial charge in [-0.3, -0.25) is 0 Å². The smallest absolute Gasteiger partial charge is 0.423 e. The van der Waals surface area contributed by atoms with Crippen molar-refractivity contribution in [3.8, 4) is 0 Å². The van der Waals surface area contributed by atoms with E-state index in [4.69, 9.17) is 35.4 Å². The van der Waals surface area contributed by atoms with Gasteiger partial charge in [0, 0.05) is 16.2 Å². The minimum atomic E-state index is -1.67. The Labute approximate surface area is 148 Å². The van der Waals surface area contributed by atoms with Gasteiger partial charge in [0.05, 0.1) is 10.7 Å². The van der Waals surface area contributed by atoms with E-state index < -0.39 is 7.12 Å².